The fraction of sp³-hybridized carbons (Fsp3) is 0.500. The number of aliphatic hydroxyl groups is 1. The number of fused-ring (bicyclic) bond motifs is 1. The van der Waals surface area contributed by atoms with Crippen LogP contribution in [0.2, 0.25) is 0 Å². The minimum atomic E-state index is -0.875. The van der Waals surface area contributed by atoms with Crippen LogP contribution < -0.4 is 16.0 Å². The number of morpholine rings is 1. The van der Waals surface area contributed by atoms with Crippen molar-refractivity contribution in [3.63, 3.8) is 0 Å². The predicted molar refractivity (Wildman–Crippen MR) is 304 cm³/mol. The summed E-state index contributed by atoms with van der Waals surface area (Å²) in [7, 11) is 0. The third-order valence-electron chi connectivity index (χ3n) is 15.6. The second-order valence-electron chi connectivity index (χ2n) is 22.6. The third kappa shape index (κ3) is 14.9. The number of benzene rings is 3. The number of para-hydroxylation sites is 1. The average molecular weight is 1120 g/mol. The van der Waals surface area contributed by atoms with Crippen molar-refractivity contribution >= 4 is 46.0 Å². The summed E-state index contributed by atoms with van der Waals surface area (Å²) in [5.74, 6) is -2.13. The molecule has 6 aromatic rings. The summed E-state index contributed by atoms with van der Waals surface area (Å²) in [4.78, 5) is 74.3. The number of piperidine rings is 1. The van der Waals surface area contributed by atoms with Gasteiger partial charge in [0, 0.05) is 88.1 Å². The molecule has 3 fully saturated rings. The number of likely N-dealkylation sites (tertiary alicyclic amines) is 2. The summed E-state index contributed by atoms with van der Waals surface area (Å²) in [6, 6.07) is 14.5. The number of aliphatic hydroxyl groups excluding tert-OH is 1. The van der Waals surface area contributed by atoms with Crippen molar-refractivity contribution in [1.29, 1.82) is 0 Å². The van der Waals surface area contributed by atoms with Crippen molar-refractivity contribution in [2.45, 2.75) is 129 Å². The molecule has 0 spiro atoms. The lowest BCUT2D eigenvalue weighted by Crippen LogP contribution is -2.57. The van der Waals surface area contributed by atoms with Gasteiger partial charge in [-0.2, -0.15) is 5.10 Å². The Labute approximate surface area is 470 Å². The third-order valence-corrected chi connectivity index (χ3v) is 16.5. The SMILES string of the molecule is Cc1ncsc1-c1ccc(CNC(=O)[C@@H]2C[C@@H](O)CN2C(=O)C(NC(=O)CCCCCCCCNC(=O)CN2CCC(n3cc(-c4cnc5cccc(-c6cc(F)c(CN7CCOCC7)c(F)c6)c5n4)cn3)CC2)C(C)(C)C)cc1. The Morgan fingerprint density at radius 3 is 2.27 bits per heavy atom. The van der Waals surface area contributed by atoms with Gasteiger partial charge in [-0.15, -0.1) is 11.3 Å². The van der Waals surface area contributed by atoms with E-state index in [1.807, 2.05) is 85.4 Å². The van der Waals surface area contributed by atoms with Crippen LogP contribution in [0.15, 0.2) is 78.7 Å². The van der Waals surface area contributed by atoms with Gasteiger partial charge in [0.05, 0.1) is 77.1 Å². The van der Waals surface area contributed by atoms with Crippen LogP contribution in [0.1, 0.15) is 108 Å². The van der Waals surface area contributed by atoms with Gasteiger partial charge in [-0.1, -0.05) is 82.9 Å². The van der Waals surface area contributed by atoms with Crippen molar-refractivity contribution in [1.82, 2.24) is 55.4 Å². The average Bonchev–Trinajstić information content (AvgIpc) is 4.26. The molecule has 80 heavy (non-hydrogen) atoms. The molecule has 0 bridgehead atoms. The molecule has 6 heterocycles. The number of aromatic nitrogens is 5. The minimum absolute atomic E-state index is 0.00601. The first-order chi connectivity index (χ1) is 38.6. The number of ether oxygens (including phenoxy) is 1. The molecule has 3 aliphatic rings. The summed E-state index contributed by atoms with van der Waals surface area (Å²) in [5.41, 5.74) is 7.68. The number of β-amino-alcohol motifs (C(OH)–C–C–N with tert-alkyl or cyclic N) is 1. The molecular weight excluding hydrogens is 1040 g/mol. The lowest BCUT2D eigenvalue weighted by atomic mass is 9.85. The Balaban J connectivity index is 0.648. The van der Waals surface area contributed by atoms with E-state index in [1.54, 1.807) is 29.8 Å². The molecule has 1 unspecified atom stereocenters. The second-order valence-corrected chi connectivity index (χ2v) is 23.5. The summed E-state index contributed by atoms with van der Waals surface area (Å²) in [6.07, 6.45) is 11.9. The summed E-state index contributed by atoms with van der Waals surface area (Å²) in [6.45, 7) is 12.9. The van der Waals surface area contributed by atoms with Gasteiger partial charge in [0.1, 0.15) is 23.7 Å². The van der Waals surface area contributed by atoms with Gasteiger partial charge in [0.25, 0.3) is 0 Å². The zero-order valence-electron chi connectivity index (χ0n) is 46.4. The largest absolute Gasteiger partial charge is 0.391 e. The van der Waals surface area contributed by atoms with Gasteiger partial charge in [-0.3, -0.25) is 38.6 Å². The Bertz CT molecular complexity index is 3070. The Morgan fingerprint density at radius 1 is 0.838 bits per heavy atom. The molecule has 4 N–H and O–H groups in total. The minimum Gasteiger partial charge on any atom is -0.391 e. The molecule has 4 amide bonds. The number of hydrogen-bond acceptors (Lipinski definition) is 13. The molecular formula is C60H75F2N11O6S. The topological polar surface area (TPSA) is 200 Å². The van der Waals surface area contributed by atoms with E-state index in [2.05, 4.69) is 35.9 Å². The molecule has 426 valence electrons. The molecule has 3 aromatic heterocycles. The first-order valence-corrected chi connectivity index (χ1v) is 29.1. The lowest BCUT2D eigenvalue weighted by molar-refractivity contribution is -0.144. The molecule has 20 heteroatoms. The van der Waals surface area contributed by atoms with Gasteiger partial charge < -0.3 is 30.7 Å². The van der Waals surface area contributed by atoms with E-state index in [1.165, 1.54) is 17.0 Å². The van der Waals surface area contributed by atoms with Crippen LogP contribution in [0, 0.1) is 24.0 Å². The second kappa shape index (κ2) is 26.8. The number of unbranched alkanes of at least 4 members (excludes halogenated alkanes) is 5. The Morgan fingerprint density at radius 2 is 1.56 bits per heavy atom. The summed E-state index contributed by atoms with van der Waals surface area (Å²) < 4.78 is 38.3. The molecule has 3 atom stereocenters. The highest BCUT2D eigenvalue weighted by Crippen LogP contribution is 2.33. The number of nitrogens with zero attached hydrogens (tertiary/aromatic N) is 8. The number of carbonyl (C=O) groups excluding carboxylic acids is 4. The van der Waals surface area contributed by atoms with Gasteiger partial charge in [-0.25, -0.2) is 18.7 Å². The molecule has 9 rings (SSSR count). The maximum atomic E-state index is 15.5. The van der Waals surface area contributed by atoms with Crippen LogP contribution in [0.4, 0.5) is 8.78 Å². The highest BCUT2D eigenvalue weighted by molar-refractivity contribution is 7.13. The smallest absolute Gasteiger partial charge is 0.246 e. The van der Waals surface area contributed by atoms with Crippen LogP contribution in [-0.2, 0) is 37.0 Å². The fourth-order valence-electron chi connectivity index (χ4n) is 10.9. The van der Waals surface area contributed by atoms with E-state index in [0.29, 0.717) is 73.7 Å². The molecule has 0 saturated carbocycles. The van der Waals surface area contributed by atoms with E-state index < -0.39 is 35.2 Å². The quantitative estimate of drug-likeness (QED) is 0.0479. The van der Waals surface area contributed by atoms with Gasteiger partial charge in [-0.05, 0) is 72.9 Å². The van der Waals surface area contributed by atoms with E-state index in [4.69, 9.17) is 9.72 Å². The van der Waals surface area contributed by atoms with Crippen LogP contribution in [0.5, 0.6) is 0 Å². The van der Waals surface area contributed by atoms with Crippen LogP contribution in [0.3, 0.4) is 0 Å². The number of carbonyl (C=O) groups is 4. The maximum absolute atomic E-state index is 15.5. The number of thiazole rings is 1. The number of amides is 4. The maximum Gasteiger partial charge on any atom is 0.246 e. The van der Waals surface area contributed by atoms with Gasteiger partial charge >= 0.3 is 0 Å². The molecule has 3 saturated heterocycles. The number of halogens is 2. The van der Waals surface area contributed by atoms with Crippen molar-refractivity contribution < 1.29 is 37.8 Å². The van der Waals surface area contributed by atoms with Gasteiger partial charge in [0.15, 0.2) is 0 Å². The normalized spacial score (nSPS) is 17.9. The molecule has 3 aromatic carbocycles. The summed E-state index contributed by atoms with van der Waals surface area (Å²) in [5, 5.41) is 24.3. The zero-order chi connectivity index (χ0) is 56.3. The van der Waals surface area contributed by atoms with E-state index >= 15 is 8.78 Å². The van der Waals surface area contributed by atoms with E-state index in [-0.39, 0.29) is 67.7 Å². The van der Waals surface area contributed by atoms with Crippen molar-refractivity contribution in [3.05, 3.63) is 107 Å². The molecule has 0 radical (unpaired) electrons. The Kier molecular flexibility index (Phi) is 19.5. The number of nitrogens with one attached hydrogen (secondary N) is 3. The molecule has 0 aliphatic carbocycles. The van der Waals surface area contributed by atoms with Crippen LogP contribution in [0.25, 0.3) is 43.9 Å². The fourth-order valence-corrected chi connectivity index (χ4v) is 11.7. The number of aryl methyl sites for hydroxylation is 1. The predicted octanol–water partition coefficient (Wildman–Crippen LogP) is 8.00. The molecule has 17 nitrogen and oxygen atoms in total. The first kappa shape index (κ1) is 58.1. The van der Waals surface area contributed by atoms with Crippen molar-refractivity contribution in [2.75, 3.05) is 59.0 Å². The van der Waals surface area contributed by atoms with Crippen molar-refractivity contribution in [2.24, 2.45) is 5.41 Å². The highest BCUT2D eigenvalue weighted by atomic mass is 32.1. The summed E-state index contributed by atoms with van der Waals surface area (Å²) >= 11 is 1.58. The van der Waals surface area contributed by atoms with Crippen molar-refractivity contribution in [3.8, 4) is 32.8 Å². The molecule has 3 aliphatic heterocycles. The monoisotopic (exact) mass is 1120 g/mol. The Hall–Kier alpha value is -6.58. The highest BCUT2D eigenvalue weighted by Gasteiger charge is 2.44. The standard InChI is InChI=1S/C60H75F2N11O6S/c1-39-56(80-38-66-39)41-17-15-40(16-18-41)31-65-58(77)52-30-45(74)35-72(52)59(78)57(60(2,3)4)69-53(75)14-9-7-5-6-8-10-21-63-54(76)37-70-22-19-44(20-23-70)73-34-43(32-67-73)51-33-64-50-13-11-12-46(55(50)68-51)42-28-48(61)47(49(62)29-42)36-71-24-26-79-27-25-71/h11-13,15-18,28-29,32-34,38,44-45,52,57,74H,5-10,14,19-27,30-31,35-37H2,1-4H3,(H,63,76)(H,65,77)(H,69,75)/t45-,52+,57?/m1/s1. The van der Waals surface area contributed by atoms with E-state index in [0.717, 1.165) is 85.3 Å². The number of rotatable bonds is 22. The van der Waals surface area contributed by atoms with Crippen LogP contribution in [-0.4, -0.2) is 145 Å². The zero-order valence-corrected chi connectivity index (χ0v) is 47.2. The van der Waals surface area contributed by atoms with Gasteiger partial charge in [0.2, 0.25) is 23.6 Å². The lowest BCUT2D eigenvalue weighted by Gasteiger charge is -2.35. The number of hydrogen-bond donors (Lipinski definition) is 4. The van der Waals surface area contributed by atoms with Crippen LogP contribution >= 0.6 is 11.3 Å². The van der Waals surface area contributed by atoms with E-state index in [9.17, 15) is 24.3 Å². The first-order valence-electron chi connectivity index (χ1n) is 28.2.